The molecule has 0 nitrogen and oxygen atoms in total. The number of allylic oxidation sites excluding steroid dienone is 2. The van der Waals surface area contributed by atoms with Crippen LogP contribution in [-0.4, -0.2) is 0 Å². The highest BCUT2D eigenvalue weighted by molar-refractivity contribution is 5.75. The molecular weight excluding hydrogens is 151 g/mol. The summed E-state index contributed by atoms with van der Waals surface area (Å²) in [5.74, 6) is -0.228. The van der Waals surface area contributed by atoms with Gasteiger partial charge in [0.05, 0.1) is 0 Å². The van der Waals surface area contributed by atoms with Crippen molar-refractivity contribution in [2.45, 2.75) is 6.92 Å². The molecule has 0 amide bonds. The smallest absolute Gasteiger partial charge is 0.123 e. The molecule has 1 heteroatoms. The molecule has 0 aliphatic carbocycles. The van der Waals surface area contributed by atoms with Crippen LogP contribution in [0, 0.1) is 5.82 Å². The highest BCUT2D eigenvalue weighted by Gasteiger charge is 1.98. The van der Waals surface area contributed by atoms with Crippen molar-refractivity contribution < 1.29 is 4.39 Å². The maximum Gasteiger partial charge on any atom is 0.123 e. The predicted octanol–water partition coefficient (Wildman–Crippen LogP) is 3.42. The van der Waals surface area contributed by atoms with Gasteiger partial charge in [0.25, 0.3) is 0 Å². The lowest BCUT2D eigenvalue weighted by Crippen LogP contribution is -1.83. The van der Waals surface area contributed by atoms with Gasteiger partial charge in [0.15, 0.2) is 0 Å². The topological polar surface area (TPSA) is 0 Å². The summed E-state index contributed by atoms with van der Waals surface area (Å²) in [6.07, 6.45) is 0. The summed E-state index contributed by atoms with van der Waals surface area (Å²) in [5, 5.41) is 0. The maximum absolute atomic E-state index is 12.5. The highest BCUT2D eigenvalue weighted by atomic mass is 19.1. The average molecular weight is 162 g/mol. The van der Waals surface area contributed by atoms with Crippen molar-refractivity contribution in [1.82, 2.24) is 0 Å². The lowest BCUT2D eigenvalue weighted by atomic mass is 10.0. The van der Waals surface area contributed by atoms with E-state index in [1.54, 1.807) is 12.1 Å². The molecule has 0 bridgehead atoms. The molecule has 62 valence electrons. The quantitative estimate of drug-likeness (QED) is 0.584. The van der Waals surface area contributed by atoms with Crippen LogP contribution >= 0.6 is 0 Å². The van der Waals surface area contributed by atoms with Crippen LogP contribution < -0.4 is 0 Å². The third-order valence-electron chi connectivity index (χ3n) is 1.71. The van der Waals surface area contributed by atoms with Gasteiger partial charge < -0.3 is 0 Å². The Morgan fingerprint density at radius 3 is 2.08 bits per heavy atom. The van der Waals surface area contributed by atoms with E-state index in [4.69, 9.17) is 0 Å². The van der Waals surface area contributed by atoms with Crippen LogP contribution in [0.3, 0.4) is 0 Å². The molecule has 1 aromatic carbocycles. The normalized spacial score (nSPS) is 9.50. The van der Waals surface area contributed by atoms with E-state index < -0.39 is 0 Å². The lowest BCUT2D eigenvalue weighted by Gasteiger charge is -2.03. The monoisotopic (exact) mass is 162 g/mol. The Kier molecular flexibility index (Phi) is 2.44. The number of rotatable bonds is 2. The lowest BCUT2D eigenvalue weighted by molar-refractivity contribution is 0.627. The minimum Gasteiger partial charge on any atom is -0.207 e. The Morgan fingerprint density at radius 2 is 1.67 bits per heavy atom. The molecule has 1 rings (SSSR count). The van der Waals surface area contributed by atoms with E-state index in [1.165, 1.54) is 12.1 Å². The van der Waals surface area contributed by atoms with Gasteiger partial charge in [-0.2, -0.15) is 0 Å². The summed E-state index contributed by atoms with van der Waals surface area (Å²) in [4.78, 5) is 0. The second-order valence-corrected chi connectivity index (χ2v) is 2.77. The van der Waals surface area contributed by atoms with Gasteiger partial charge in [-0.05, 0) is 30.2 Å². The molecule has 0 aliphatic rings. The van der Waals surface area contributed by atoms with Crippen LogP contribution in [0.1, 0.15) is 12.5 Å². The first kappa shape index (κ1) is 8.72. The van der Waals surface area contributed by atoms with Crippen LogP contribution in [-0.2, 0) is 0 Å². The summed E-state index contributed by atoms with van der Waals surface area (Å²) < 4.78 is 12.5. The van der Waals surface area contributed by atoms with E-state index in [9.17, 15) is 4.39 Å². The molecule has 0 saturated carbocycles. The van der Waals surface area contributed by atoms with Gasteiger partial charge >= 0.3 is 0 Å². The Labute approximate surface area is 72.0 Å². The molecule has 0 fully saturated rings. The third kappa shape index (κ3) is 1.82. The molecule has 0 N–H and O–H groups in total. The zero-order valence-electron chi connectivity index (χ0n) is 7.10. The molecular formula is C11H11F. The van der Waals surface area contributed by atoms with Crippen molar-refractivity contribution in [3.63, 3.8) is 0 Å². The van der Waals surface area contributed by atoms with Crippen LogP contribution in [0.4, 0.5) is 4.39 Å². The van der Waals surface area contributed by atoms with Gasteiger partial charge in [-0.25, -0.2) is 4.39 Å². The van der Waals surface area contributed by atoms with Crippen LogP contribution in [0.2, 0.25) is 0 Å². The highest BCUT2D eigenvalue weighted by Crippen LogP contribution is 2.18. The van der Waals surface area contributed by atoms with Gasteiger partial charge in [-0.15, -0.1) is 0 Å². The summed E-state index contributed by atoms with van der Waals surface area (Å²) in [6, 6.07) is 6.24. The van der Waals surface area contributed by atoms with E-state index >= 15 is 0 Å². The van der Waals surface area contributed by atoms with Crippen LogP contribution in [0.25, 0.3) is 5.57 Å². The van der Waals surface area contributed by atoms with Crippen molar-refractivity contribution in [3.8, 4) is 0 Å². The van der Waals surface area contributed by atoms with Crippen molar-refractivity contribution in [2.75, 3.05) is 0 Å². The molecule has 0 aliphatic heterocycles. The second kappa shape index (κ2) is 3.35. The first-order valence-corrected chi connectivity index (χ1v) is 3.72. The van der Waals surface area contributed by atoms with E-state index in [0.717, 1.165) is 16.7 Å². The molecule has 0 aromatic heterocycles. The average Bonchev–Trinajstić information content (AvgIpc) is 2.04. The number of hydrogen-bond acceptors (Lipinski definition) is 0. The van der Waals surface area contributed by atoms with Gasteiger partial charge in [-0.1, -0.05) is 30.9 Å². The first-order valence-electron chi connectivity index (χ1n) is 3.72. The molecule has 1 aromatic rings. The predicted molar refractivity (Wildman–Crippen MR) is 50.2 cm³/mol. The van der Waals surface area contributed by atoms with Gasteiger partial charge in [0.1, 0.15) is 5.82 Å². The summed E-state index contributed by atoms with van der Waals surface area (Å²) in [5.41, 5.74) is 2.68. The van der Waals surface area contributed by atoms with Crippen molar-refractivity contribution in [2.24, 2.45) is 0 Å². The van der Waals surface area contributed by atoms with Crippen molar-refractivity contribution >= 4 is 5.57 Å². The fraction of sp³-hybridized carbons (Fsp3) is 0.0909. The Hall–Kier alpha value is -1.37. The number of benzene rings is 1. The van der Waals surface area contributed by atoms with Gasteiger partial charge in [0, 0.05) is 0 Å². The molecule has 0 spiro atoms. The molecule has 0 saturated heterocycles. The summed E-state index contributed by atoms with van der Waals surface area (Å²) in [7, 11) is 0. The SMILES string of the molecule is C=C(C)C(=C)c1ccc(F)cc1. The van der Waals surface area contributed by atoms with Crippen molar-refractivity contribution in [3.05, 3.63) is 54.4 Å². The fourth-order valence-corrected chi connectivity index (χ4v) is 0.897. The Balaban J connectivity index is 2.98. The maximum atomic E-state index is 12.5. The minimum absolute atomic E-state index is 0.228. The van der Waals surface area contributed by atoms with E-state index in [2.05, 4.69) is 13.2 Å². The van der Waals surface area contributed by atoms with E-state index in [1.807, 2.05) is 6.92 Å². The van der Waals surface area contributed by atoms with E-state index in [-0.39, 0.29) is 5.82 Å². The third-order valence-corrected chi connectivity index (χ3v) is 1.71. The van der Waals surface area contributed by atoms with Gasteiger partial charge in [0.2, 0.25) is 0 Å². The molecule has 0 unspecified atom stereocenters. The number of halogens is 1. The summed E-state index contributed by atoms with van der Waals surface area (Å²) >= 11 is 0. The molecule has 12 heavy (non-hydrogen) atoms. The Morgan fingerprint density at radius 1 is 1.17 bits per heavy atom. The standard InChI is InChI=1S/C11H11F/c1-8(2)9(3)10-4-6-11(12)7-5-10/h4-7H,1,3H2,2H3. The minimum atomic E-state index is -0.228. The van der Waals surface area contributed by atoms with Crippen LogP contribution in [0.15, 0.2) is 43.0 Å². The fourth-order valence-electron chi connectivity index (χ4n) is 0.897. The molecule has 0 heterocycles. The van der Waals surface area contributed by atoms with E-state index in [0.29, 0.717) is 0 Å². The zero-order valence-corrected chi connectivity index (χ0v) is 7.10. The second-order valence-electron chi connectivity index (χ2n) is 2.77. The summed E-state index contributed by atoms with van der Waals surface area (Å²) in [6.45, 7) is 9.47. The molecule has 0 radical (unpaired) electrons. The van der Waals surface area contributed by atoms with Crippen LogP contribution in [0.5, 0.6) is 0 Å². The van der Waals surface area contributed by atoms with Crippen molar-refractivity contribution in [1.29, 1.82) is 0 Å². The number of hydrogen-bond donors (Lipinski definition) is 0. The Bertz CT molecular complexity index is 306. The van der Waals surface area contributed by atoms with Gasteiger partial charge in [-0.3, -0.25) is 0 Å². The first-order chi connectivity index (χ1) is 5.61. The molecule has 0 atom stereocenters. The zero-order chi connectivity index (χ0) is 9.14. The largest absolute Gasteiger partial charge is 0.207 e.